The van der Waals surface area contributed by atoms with Crippen molar-refractivity contribution in [2.45, 2.75) is 25.2 Å². The fourth-order valence-corrected chi connectivity index (χ4v) is 4.11. The van der Waals surface area contributed by atoms with Gasteiger partial charge in [-0.15, -0.1) is 0 Å². The summed E-state index contributed by atoms with van der Waals surface area (Å²) in [6.45, 7) is 3.61. The molecule has 2 aromatic rings. The van der Waals surface area contributed by atoms with Gasteiger partial charge >= 0.3 is 0 Å². The number of hydrogen-bond acceptors (Lipinski definition) is 3. The minimum absolute atomic E-state index is 0.145. The van der Waals surface area contributed by atoms with Gasteiger partial charge in [0.2, 0.25) is 0 Å². The minimum Gasteiger partial charge on any atom is -0.303 e. The van der Waals surface area contributed by atoms with Crippen molar-refractivity contribution in [2.24, 2.45) is 0 Å². The van der Waals surface area contributed by atoms with E-state index < -0.39 is 0 Å². The van der Waals surface area contributed by atoms with Crippen molar-refractivity contribution in [3.8, 4) is 0 Å². The van der Waals surface area contributed by atoms with Gasteiger partial charge in [-0.05, 0) is 62.5 Å². The first kappa shape index (κ1) is 17.0. The molecule has 2 aromatic carbocycles. The number of nitrogens with zero attached hydrogens (tertiary/aromatic N) is 2. The number of imide groups is 1. The third kappa shape index (κ3) is 3.29. The molecule has 2 aliphatic rings. The lowest BCUT2D eigenvalue weighted by atomic mass is 9.89. The van der Waals surface area contributed by atoms with Crippen LogP contribution in [0.25, 0.3) is 0 Å². The van der Waals surface area contributed by atoms with Crippen LogP contribution in [0, 0.1) is 0 Å². The van der Waals surface area contributed by atoms with Gasteiger partial charge in [0.05, 0.1) is 11.1 Å². The summed E-state index contributed by atoms with van der Waals surface area (Å²) in [5, 5.41) is 0. The van der Waals surface area contributed by atoms with Crippen LogP contribution in [-0.4, -0.2) is 47.8 Å². The predicted molar refractivity (Wildman–Crippen MR) is 101 cm³/mol. The smallest absolute Gasteiger partial charge is 0.261 e. The molecule has 0 aliphatic carbocycles. The van der Waals surface area contributed by atoms with Gasteiger partial charge in [-0.25, -0.2) is 0 Å². The average Bonchev–Trinajstić information content (AvgIpc) is 2.94. The monoisotopic (exact) mass is 348 g/mol. The number of amides is 2. The second kappa shape index (κ2) is 7.42. The molecule has 26 heavy (non-hydrogen) atoms. The fourth-order valence-electron chi connectivity index (χ4n) is 4.11. The van der Waals surface area contributed by atoms with Crippen LogP contribution in [0.15, 0.2) is 54.6 Å². The Morgan fingerprint density at radius 1 is 0.769 bits per heavy atom. The lowest BCUT2D eigenvalue weighted by Crippen LogP contribution is -2.37. The van der Waals surface area contributed by atoms with Crippen molar-refractivity contribution in [1.82, 2.24) is 9.80 Å². The molecule has 4 nitrogen and oxygen atoms in total. The van der Waals surface area contributed by atoms with E-state index in [0.717, 1.165) is 26.1 Å². The first-order valence-corrected chi connectivity index (χ1v) is 9.46. The largest absolute Gasteiger partial charge is 0.303 e. The van der Waals surface area contributed by atoms with E-state index >= 15 is 0 Å². The molecule has 4 rings (SSSR count). The van der Waals surface area contributed by atoms with Crippen LogP contribution in [-0.2, 0) is 0 Å². The van der Waals surface area contributed by atoms with Crippen molar-refractivity contribution in [1.29, 1.82) is 0 Å². The number of carbonyl (C=O) groups excluding carboxylic acids is 2. The highest BCUT2D eigenvalue weighted by Crippen LogP contribution is 2.28. The Labute approximate surface area is 154 Å². The SMILES string of the molecule is O=C1c2ccccc2C(=O)N1CCCN1CCC(c2ccccc2)CC1. The lowest BCUT2D eigenvalue weighted by Gasteiger charge is -2.32. The number of fused-ring (bicyclic) bond motifs is 1. The van der Waals surface area contributed by atoms with Gasteiger partial charge < -0.3 is 4.90 Å². The first-order valence-electron chi connectivity index (χ1n) is 9.46. The molecule has 0 N–H and O–H groups in total. The summed E-state index contributed by atoms with van der Waals surface area (Å²) in [5.41, 5.74) is 2.53. The highest BCUT2D eigenvalue weighted by atomic mass is 16.2. The van der Waals surface area contributed by atoms with Crippen LogP contribution in [0.2, 0.25) is 0 Å². The van der Waals surface area contributed by atoms with Crippen molar-refractivity contribution in [3.05, 3.63) is 71.3 Å². The summed E-state index contributed by atoms with van der Waals surface area (Å²) in [6, 6.07) is 17.8. The summed E-state index contributed by atoms with van der Waals surface area (Å²) in [6.07, 6.45) is 3.19. The maximum Gasteiger partial charge on any atom is 0.261 e. The summed E-state index contributed by atoms with van der Waals surface area (Å²) in [4.78, 5) is 28.6. The second-order valence-corrected chi connectivity index (χ2v) is 7.19. The molecule has 2 heterocycles. The molecule has 2 aliphatic heterocycles. The molecule has 0 saturated carbocycles. The van der Waals surface area contributed by atoms with Crippen LogP contribution < -0.4 is 0 Å². The van der Waals surface area contributed by atoms with Gasteiger partial charge in [-0.3, -0.25) is 14.5 Å². The van der Waals surface area contributed by atoms with E-state index in [2.05, 4.69) is 35.2 Å². The molecular weight excluding hydrogens is 324 g/mol. The molecule has 0 bridgehead atoms. The zero-order valence-electron chi connectivity index (χ0n) is 14.9. The number of hydrogen-bond donors (Lipinski definition) is 0. The highest BCUT2D eigenvalue weighted by Gasteiger charge is 2.34. The molecule has 0 radical (unpaired) electrons. The molecule has 0 aromatic heterocycles. The Kier molecular flexibility index (Phi) is 4.85. The normalized spacial score (nSPS) is 18.4. The summed E-state index contributed by atoms with van der Waals surface area (Å²) < 4.78 is 0. The van der Waals surface area contributed by atoms with Gasteiger partial charge in [0.1, 0.15) is 0 Å². The maximum atomic E-state index is 12.4. The van der Waals surface area contributed by atoms with Crippen LogP contribution in [0.1, 0.15) is 51.5 Å². The second-order valence-electron chi connectivity index (χ2n) is 7.19. The van der Waals surface area contributed by atoms with Crippen molar-refractivity contribution >= 4 is 11.8 Å². The van der Waals surface area contributed by atoms with Gasteiger partial charge in [0, 0.05) is 6.54 Å². The first-order chi connectivity index (χ1) is 12.7. The van der Waals surface area contributed by atoms with E-state index in [1.165, 1.54) is 23.3 Å². The zero-order valence-corrected chi connectivity index (χ0v) is 14.9. The molecule has 0 spiro atoms. The number of piperidine rings is 1. The van der Waals surface area contributed by atoms with E-state index in [1.54, 1.807) is 12.1 Å². The van der Waals surface area contributed by atoms with E-state index in [-0.39, 0.29) is 11.8 Å². The minimum atomic E-state index is -0.145. The van der Waals surface area contributed by atoms with Crippen molar-refractivity contribution in [2.75, 3.05) is 26.2 Å². The Morgan fingerprint density at radius 3 is 1.96 bits per heavy atom. The Morgan fingerprint density at radius 2 is 1.35 bits per heavy atom. The number of rotatable bonds is 5. The summed E-state index contributed by atoms with van der Waals surface area (Å²) >= 11 is 0. The molecule has 2 amide bonds. The highest BCUT2D eigenvalue weighted by molar-refractivity contribution is 6.21. The van der Waals surface area contributed by atoms with Gasteiger partial charge in [-0.2, -0.15) is 0 Å². The number of likely N-dealkylation sites (tertiary alicyclic amines) is 1. The maximum absolute atomic E-state index is 12.4. The van der Waals surface area contributed by atoms with E-state index in [1.807, 2.05) is 12.1 Å². The van der Waals surface area contributed by atoms with Crippen LogP contribution in [0.3, 0.4) is 0 Å². The molecule has 1 fully saturated rings. The third-order valence-electron chi connectivity index (χ3n) is 5.59. The molecule has 4 heteroatoms. The molecular formula is C22H24N2O2. The summed E-state index contributed by atoms with van der Waals surface area (Å²) in [7, 11) is 0. The van der Waals surface area contributed by atoms with E-state index in [0.29, 0.717) is 23.6 Å². The van der Waals surface area contributed by atoms with E-state index in [4.69, 9.17) is 0 Å². The van der Waals surface area contributed by atoms with Crippen molar-refractivity contribution in [3.63, 3.8) is 0 Å². The topological polar surface area (TPSA) is 40.6 Å². The van der Waals surface area contributed by atoms with Gasteiger partial charge in [0.25, 0.3) is 11.8 Å². The average molecular weight is 348 g/mol. The van der Waals surface area contributed by atoms with Crippen LogP contribution in [0.4, 0.5) is 0 Å². The predicted octanol–water partition coefficient (Wildman–Crippen LogP) is 3.55. The molecule has 134 valence electrons. The Balaban J connectivity index is 1.25. The lowest BCUT2D eigenvalue weighted by molar-refractivity contribution is 0.0645. The molecule has 0 atom stereocenters. The number of carbonyl (C=O) groups is 2. The van der Waals surface area contributed by atoms with Gasteiger partial charge in [-0.1, -0.05) is 42.5 Å². The zero-order chi connectivity index (χ0) is 17.9. The standard InChI is InChI=1S/C22H24N2O2/c25-21-19-9-4-5-10-20(19)22(26)24(21)14-6-13-23-15-11-18(12-16-23)17-7-2-1-3-8-17/h1-5,7-10,18H,6,11-16H2. The van der Waals surface area contributed by atoms with Crippen LogP contribution >= 0.6 is 0 Å². The Hall–Kier alpha value is -2.46. The quantitative estimate of drug-likeness (QED) is 0.776. The third-order valence-corrected chi connectivity index (χ3v) is 5.59. The molecule has 0 unspecified atom stereocenters. The van der Waals surface area contributed by atoms with Crippen LogP contribution in [0.5, 0.6) is 0 Å². The molecule has 1 saturated heterocycles. The Bertz CT molecular complexity index is 760. The summed E-state index contributed by atoms with van der Waals surface area (Å²) in [5.74, 6) is 0.366. The fraction of sp³-hybridized carbons (Fsp3) is 0.364. The van der Waals surface area contributed by atoms with Gasteiger partial charge in [0.15, 0.2) is 0 Å². The number of benzene rings is 2. The van der Waals surface area contributed by atoms with Crippen molar-refractivity contribution < 1.29 is 9.59 Å². The van der Waals surface area contributed by atoms with E-state index in [9.17, 15) is 9.59 Å².